The number of carbonyl (C=O) groups excluding carboxylic acids is 2. The van der Waals surface area contributed by atoms with Crippen molar-refractivity contribution in [2.45, 2.75) is 38.4 Å². The number of benzene rings is 3. The Morgan fingerprint density at radius 2 is 1.52 bits per heavy atom. The number of carboxylic acids is 1. The Morgan fingerprint density at radius 1 is 0.841 bits per heavy atom. The third kappa shape index (κ3) is 6.96. The number of aliphatic carboxylic acids is 1. The summed E-state index contributed by atoms with van der Waals surface area (Å²) in [6.07, 6.45) is -2.45. The van der Waals surface area contributed by atoms with E-state index in [1.54, 1.807) is 6.07 Å². The summed E-state index contributed by atoms with van der Waals surface area (Å²) < 4.78 is 68.1. The van der Waals surface area contributed by atoms with Gasteiger partial charge in [-0.05, 0) is 79.4 Å². The Balaban J connectivity index is 1.50. The smallest absolute Gasteiger partial charge is 0.408 e. The molecule has 0 saturated carbocycles. The Morgan fingerprint density at radius 3 is 2.23 bits per heavy atom. The second kappa shape index (κ2) is 12.3. The van der Waals surface area contributed by atoms with E-state index in [0.717, 1.165) is 49.6 Å². The van der Waals surface area contributed by atoms with Gasteiger partial charge in [0.1, 0.15) is 18.2 Å². The molecule has 0 unspecified atom stereocenters. The summed E-state index contributed by atoms with van der Waals surface area (Å²) >= 11 is 0. The average molecular weight is 616 g/mol. The maximum absolute atomic E-state index is 14.1. The molecule has 0 atom stereocenters. The molecule has 5 rings (SSSR count). The monoisotopic (exact) mass is 615 g/mol. The molecule has 2 heterocycles. The molecule has 230 valence electrons. The van der Waals surface area contributed by atoms with Crippen molar-refractivity contribution in [2.75, 3.05) is 28.6 Å². The van der Waals surface area contributed by atoms with Gasteiger partial charge in [-0.25, -0.2) is 8.78 Å². The number of aromatic nitrogens is 2. The number of amides is 2. The standard InChI is InChI=1S/C30H26F5N5O4/c31-19-5-7-22(18(12-19)14-26(41)42)36-28(43)17-4-8-25(39-10-2-1-3-11-39)23(13-17)37-29(44)27-21-15-20(32)6-9-24(21)40(38-27)16-30(33,34)35/h4-9,12-13,15H,1-3,10-11,14,16H2,(H,36,43)(H,37,44)(H,41,42). The molecule has 1 aliphatic heterocycles. The van der Waals surface area contributed by atoms with Gasteiger partial charge in [0.25, 0.3) is 11.8 Å². The molecule has 2 amide bonds. The van der Waals surface area contributed by atoms with Gasteiger partial charge in [-0.15, -0.1) is 0 Å². The normalized spacial score (nSPS) is 13.6. The predicted octanol–water partition coefficient (Wildman–Crippen LogP) is 6.00. The molecule has 3 aromatic carbocycles. The van der Waals surface area contributed by atoms with Gasteiger partial charge in [-0.2, -0.15) is 18.3 Å². The van der Waals surface area contributed by atoms with Crippen LogP contribution in [0.15, 0.2) is 54.6 Å². The van der Waals surface area contributed by atoms with Crippen molar-refractivity contribution in [2.24, 2.45) is 0 Å². The molecule has 0 bridgehead atoms. The van der Waals surface area contributed by atoms with E-state index in [-0.39, 0.29) is 33.4 Å². The molecule has 1 aromatic heterocycles. The maximum atomic E-state index is 14.1. The molecular formula is C30H26F5N5O4. The minimum atomic E-state index is -4.65. The molecule has 0 spiro atoms. The summed E-state index contributed by atoms with van der Waals surface area (Å²) in [4.78, 5) is 40.0. The summed E-state index contributed by atoms with van der Waals surface area (Å²) in [6.45, 7) is -0.196. The Kier molecular flexibility index (Phi) is 8.52. The summed E-state index contributed by atoms with van der Waals surface area (Å²) in [5.41, 5.74) is 0.344. The van der Waals surface area contributed by atoms with Crippen LogP contribution in [0, 0.1) is 11.6 Å². The van der Waals surface area contributed by atoms with Gasteiger partial charge in [0, 0.05) is 29.7 Å². The fourth-order valence-corrected chi connectivity index (χ4v) is 5.17. The van der Waals surface area contributed by atoms with Gasteiger partial charge in [-0.3, -0.25) is 19.1 Å². The van der Waals surface area contributed by atoms with Gasteiger partial charge in [0.15, 0.2) is 5.69 Å². The van der Waals surface area contributed by atoms with Crippen LogP contribution in [0.1, 0.15) is 45.7 Å². The van der Waals surface area contributed by atoms with Crippen LogP contribution in [0.2, 0.25) is 0 Å². The molecule has 0 radical (unpaired) electrons. The summed E-state index contributed by atoms with van der Waals surface area (Å²) in [5, 5.41) is 18.1. The zero-order valence-electron chi connectivity index (χ0n) is 23.0. The third-order valence-electron chi connectivity index (χ3n) is 7.12. The highest BCUT2D eigenvalue weighted by atomic mass is 19.4. The number of hydrogen-bond acceptors (Lipinski definition) is 5. The van der Waals surface area contributed by atoms with Crippen LogP contribution < -0.4 is 15.5 Å². The van der Waals surface area contributed by atoms with Gasteiger partial charge in [-0.1, -0.05) is 0 Å². The number of anilines is 3. The van der Waals surface area contributed by atoms with Crippen molar-refractivity contribution in [1.82, 2.24) is 9.78 Å². The summed E-state index contributed by atoms with van der Waals surface area (Å²) in [6, 6.07) is 10.8. The van der Waals surface area contributed by atoms with Crippen molar-refractivity contribution >= 4 is 45.7 Å². The number of nitrogens with zero attached hydrogens (tertiary/aromatic N) is 3. The van der Waals surface area contributed by atoms with Crippen LogP contribution >= 0.6 is 0 Å². The van der Waals surface area contributed by atoms with Crippen molar-refractivity contribution < 1.29 is 41.4 Å². The first-order valence-corrected chi connectivity index (χ1v) is 13.6. The average Bonchev–Trinajstić information content (AvgIpc) is 3.30. The number of nitrogens with one attached hydrogen (secondary N) is 2. The van der Waals surface area contributed by atoms with E-state index in [4.69, 9.17) is 0 Å². The lowest BCUT2D eigenvalue weighted by atomic mass is 10.1. The molecule has 14 heteroatoms. The van der Waals surface area contributed by atoms with Crippen LogP contribution in [-0.2, 0) is 17.8 Å². The zero-order valence-corrected chi connectivity index (χ0v) is 23.0. The van der Waals surface area contributed by atoms with Crippen molar-refractivity contribution in [3.05, 3.63) is 83.1 Å². The first kappa shape index (κ1) is 30.4. The fourth-order valence-electron chi connectivity index (χ4n) is 5.17. The number of carboxylic acid groups (broad SMARTS) is 1. The molecule has 0 aliphatic carbocycles. The van der Waals surface area contributed by atoms with Crippen LogP contribution in [0.3, 0.4) is 0 Å². The largest absolute Gasteiger partial charge is 0.481 e. The van der Waals surface area contributed by atoms with E-state index in [9.17, 15) is 41.4 Å². The van der Waals surface area contributed by atoms with E-state index in [0.29, 0.717) is 23.5 Å². The van der Waals surface area contributed by atoms with E-state index < -0.39 is 54.3 Å². The SMILES string of the molecule is O=C(O)Cc1cc(F)ccc1NC(=O)c1ccc(N2CCCCC2)c(NC(=O)c2nn(CC(F)(F)F)c3ccc(F)cc23)c1. The highest BCUT2D eigenvalue weighted by molar-refractivity contribution is 6.13. The van der Waals surface area contributed by atoms with Gasteiger partial charge >= 0.3 is 12.1 Å². The van der Waals surface area contributed by atoms with Crippen molar-refractivity contribution in [1.29, 1.82) is 0 Å². The van der Waals surface area contributed by atoms with E-state index in [2.05, 4.69) is 15.7 Å². The summed E-state index contributed by atoms with van der Waals surface area (Å²) in [5.74, 6) is -4.29. The maximum Gasteiger partial charge on any atom is 0.408 e. The highest BCUT2D eigenvalue weighted by Crippen LogP contribution is 2.32. The quantitative estimate of drug-likeness (QED) is 0.210. The highest BCUT2D eigenvalue weighted by Gasteiger charge is 2.31. The summed E-state index contributed by atoms with van der Waals surface area (Å²) in [7, 11) is 0. The Bertz CT molecular complexity index is 1750. The number of alkyl halides is 3. The third-order valence-corrected chi connectivity index (χ3v) is 7.12. The van der Waals surface area contributed by atoms with E-state index >= 15 is 0 Å². The van der Waals surface area contributed by atoms with Crippen LogP contribution in [0.4, 0.5) is 39.0 Å². The lowest BCUT2D eigenvalue weighted by Crippen LogP contribution is -2.30. The van der Waals surface area contributed by atoms with Crippen molar-refractivity contribution in [3.63, 3.8) is 0 Å². The van der Waals surface area contributed by atoms with E-state index in [1.807, 2.05) is 4.90 Å². The molecule has 1 fully saturated rings. The Hall–Kier alpha value is -5.01. The minimum Gasteiger partial charge on any atom is -0.481 e. The molecule has 1 aliphatic rings. The number of halogens is 5. The number of hydrogen-bond donors (Lipinski definition) is 3. The number of rotatable bonds is 8. The minimum absolute atomic E-state index is 0.0397. The molecular weight excluding hydrogens is 589 g/mol. The van der Waals surface area contributed by atoms with Gasteiger partial charge < -0.3 is 20.6 Å². The predicted molar refractivity (Wildman–Crippen MR) is 152 cm³/mol. The van der Waals surface area contributed by atoms with E-state index in [1.165, 1.54) is 18.2 Å². The fraction of sp³-hybridized carbons (Fsp3) is 0.267. The van der Waals surface area contributed by atoms with Crippen LogP contribution in [-0.4, -0.2) is 51.9 Å². The van der Waals surface area contributed by atoms with Gasteiger partial charge in [0.2, 0.25) is 0 Å². The number of fused-ring (bicyclic) bond motifs is 1. The number of carbonyl (C=O) groups is 3. The second-order valence-electron chi connectivity index (χ2n) is 10.3. The van der Waals surface area contributed by atoms with Crippen molar-refractivity contribution in [3.8, 4) is 0 Å². The zero-order chi connectivity index (χ0) is 31.6. The van der Waals surface area contributed by atoms with Gasteiger partial charge in [0.05, 0.1) is 23.3 Å². The Labute approximate surface area is 247 Å². The molecule has 4 aromatic rings. The lowest BCUT2D eigenvalue weighted by molar-refractivity contribution is -0.142. The number of piperidine rings is 1. The second-order valence-corrected chi connectivity index (χ2v) is 10.3. The molecule has 1 saturated heterocycles. The molecule has 44 heavy (non-hydrogen) atoms. The lowest BCUT2D eigenvalue weighted by Gasteiger charge is -2.30. The molecule has 9 nitrogen and oxygen atoms in total. The van der Waals surface area contributed by atoms with Crippen LogP contribution in [0.25, 0.3) is 10.9 Å². The molecule has 3 N–H and O–H groups in total. The topological polar surface area (TPSA) is 117 Å². The first-order valence-electron chi connectivity index (χ1n) is 13.6. The van der Waals surface area contributed by atoms with Crippen LogP contribution in [0.5, 0.6) is 0 Å². The first-order chi connectivity index (χ1) is 20.9.